The van der Waals surface area contributed by atoms with Crippen molar-refractivity contribution >= 4 is 32.6 Å². The van der Waals surface area contributed by atoms with E-state index in [1.807, 2.05) is 54.6 Å². The van der Waals surface area contributed by atoms with E-state index in [0.717, 1.165) is 41.0 Å². The average molecular weight is 459 g/mol. The maximum Gasteiger partial charge on any atom is 0.260 e. The van der Waals surface area contributed by atoms with Gasteiger partial charge in [0.1, 0.15) is 11.5 Å². The molecule has 1 atom stereocenters. The third kappa shape index (κ3) is 4.77. The Morgan fingerprint density at radius 2 is 1.85 bits per heavy atom. The van der Waals surface area contributed by atoms with Crippen LogP contribution < -0.4 is 9.64 Å². The first-order valence-electron chi connectivity index (χ1n) is 11.2. The van der Waals surface area contributed by atoms with Crippen molar-refractivity contribution in [3.8, 4) is 11.5 Å². The van der Waals surface area contributed by atoms with Crippen LogP contribution in [0, 0.1) is 13.8 Å². The van der Waals surface area contributed by atoms with Gasteiger partial charge in [-0.05, 0) is 80.3 Å². The standard InChI is InChI=1S/C27H26N2O3S/c1-18-15-19(2)25-24(16-18)33-27(28-25)29(17-23-9-6-14-31-23)26(30)20-10-12-22(13-11-20)32-21-7-4-3-5-8-21/h3-5,7-8,10-13,15-16,23H,6,9,14,17H2,1-2H3. The number of rotatable bonds is 6. The van der Waals surface area contributed by atoms with Crippen LogP contribution in [0.1, 0.15) is 34.3 Å². The van der Waals surface area contributed by atoms with Gasteiger partial charge in [0.2, 0.25) is 0 Å². The Kier molecular flexibility index (Phi) is 6.11. The molecule has 1 fully saturated rings. The molecular weight excluding hydrogens is 432 g/mol. The highest BCUT2D eigenvalue weighted by Crippen LogP contribution is 2.33. The number of anilines is 1. The Hall–Kier alpha value is -3.22. The highest BCUT2D eigenvalue weighted by molar-refractivity contribution is 7.22. The maximum atomic E-state index is 13.6. The molecule has 5 rings (SSSR count). The molecule has 1 aliphatic heterocycles. The molecule has 4 aromatic rings. The van der Waals surface area contributed by atoms with E-state index in [9.17, 15) is 4.79 Å². The summed E-state index contributed by atoms with van der Waals surface area (Å²) >= 11 is 1.56. The minimum absolute atomic E-state index is 0.0319. The minimum atomic E-state index is -0.0785. The van der Waals surface area contributed by atoms with E-state index < -0.39 is 0 Å². The van der Waals surface area contributed by atoms with Crippen LogP contribution in [0.5, 0.6) is 11.5 Å². The van der Waals surface area contributed by atoms with Gasteiger partial charge >= 0.3 is 0 Å². The lowest BCUT2D eigenvalue weighted by atomic mass is 10.1. The quantitative estimate of drug-likeness (QED) is 0.330. The lowest BCUT2D eigenvalue weighted by Crippen LogP contribution is -2.37. The molecule has 0 N–H and O–H groups in total. The number of aromatic nitrogens is 1. The smallest absolute Gasteiger partial charge is 0.260 e. The molecule has 2 heterocycles. The lowest BCUT2D eigenvalue weighted by Gasteiger charge is -2.23. The fourth-order valence-corrected chi connectivity index (χ4v) is 5.31. The predicted molar refractivity (Wildman–Crippen MR) is 133 cm³/mol. The van der Waals surface area contributed by atoms with Crippen LogP contribution in [0.25, 0.3) is 10.2 Å². The number of nitrogens with zero attached hydrogens (tertiary/aromatic N) is 2. The molecule has 3 aromatic carbocycles. The SMILES string of the molecule is Cc1cc(C)c2nc(N(CC3CCCO3)C(=O)c3ccc(Oc4ccccc4)cc3)sc2c1. The summed E-state index contributed by atoms with van der Waals surface area (Å²) in [4.78, 5) is 20.3. The molecule has 0 spiro atoms. The fourth-order valence-electron chi connectivity index (χ4n) is 4.16. The number of benzene rings is 3. The topological polar surface area (TPSA) is 51.7 Å². The number of carbonyl (C=O) groups is 1. The number of fused-ring (bicyclic) bond motifs is 1. The van der Waals surface area contributed by atoms with Gasteiger partial charge in [-0.3, -0.25) is 9.69 Å². The zero-order valence-corrected chi connectivity index (χ0v) is 19.6. The summed E-state index contributed by atoms with van der Waals surface area (Å²) < 4.78 is 12.8. The largest absolute Gasteiger partial charge is 0.457 e. The van der Waals surface area contributed by atoms with E-state index in [1.54, 1.807) is 16.2 Å². The summed E-state index contributed by atoms with van der Waals surface area (Å²) in [6, 6.07) is 21.2. The van der Waals surface area contributed by atoms with Crippen molar-refractivity contribution < 1.29 is 14.3 Å². The number of ether oxygens (including phenoxy) is 2. The van der Waals surface area contributed by atoms with Crippen LogP contribution >= 0.6 is 11.3 Å². The zero-order valence-electron chi connectivity index (χ0n) is 18.8. The number of thiazole rings is 1. The summed E-state index contributed by atoms with van der Waals surface area (Å²) in [6.07, 6.45) is 2.01. The second-order valence-corrected chi connectivity index (χ2v) is 9.42. The average Bonchev–Trinajstić information content (AvgIpc) is 3.48. The zero-order chi connectivity index (χ0) is 22.8. The highest BCUT2D eigenvalue weighted by Gasteiger charge is 2.27. The predicted octanol–water partition coefficient (Wildman–Crippen LogP) is 6.53. The molecule has 168 valence electrons. The molecule has 6 heteroatoms. The third-order valence-corrected chi connectivity index (χ3v) is 6.81. The summed E-state index contributed by atoms with van der Waals surface area (Å²) in [5.41, 5.74) is 3.87. The molecule has 1 saturated heterocycles. The number of carbonyl (C=O) groups excluding carboxylic acids is 1. The second kappa shape index (κ2) is 9.33. The van der Waals surface area contributed by atoms with Crippen LogP contribution in [0.4, 0.5) is 5.13 Å². The van der Waals surface area contributed by atoms with Crippen molar-refractivity contribution in [3.05, 3.63) is 83.4 Å². The van der Waals surface area contributed by atoms with Crippen molar-refractivity contribution in [2.45, 2.75) is 32.8 Å². The van der Waals surface area contributed by atoms with Gasteiger partial charge in [-0.2, -0.15) is 0 Å². The monoisotopic (exact) mass is 458 g/mol. The number of hydrogen-bond acceptors (Lipinski definition) is 5. The van der Waals surface area contributed by atoms with Crippen LogP contribution in [0.2, 0.25) is 0 Å². The molecule has 0 radical (unpaired) electrons. The minimum Gasteiger partial charge on any atom is -0.457 e. The molecule has 1 unspecified atom stereocenters. The second-order valence-electron chi connectivity index (χ2n) is 8.42. The normalized spacial score (nSPS) is 15.6. The lowest BCUT2D eigenvalue weighted by molar-refractivity contribution is 0.0917. The number of amides is 1. The molecule has 1 aromatic heterocycles. The fraction of sp³-hybridized carbons (Fsp3) is 0.259. The third-order valence-electron chi connectivity index (χ3n) is 5.78. The van der Waals surface area contributed by atoms with E-state index in [0.29, 0.717) is 23.0 Å². The molecule has 0 saturated carbocycles. The van der Waals surface area contributed by atoms with Gasteiger partial charge in [-0.1, -0.05) is 35.6 Å². The van der Waals surface area contributed by atoms with Gasteiger partial charge < -0.3 is 9.47 Å². The van der Waals surface area contributed by atoms with Crippen molar-refractivity contribution in [2.75, 3.05) is 18.1 Å². The maximum absolute atomic E-state index is 13.6. The van der Waals surface area contributed by atoms with Gasteiger partial charge in [-0.25, -0.2) is 4.98 Å². The van der Waals surface area contributed by atoms with Crippen LogP contribution in [-0.4, -0.2) is 30.1 Å². The first-order valence-corrected chi connectivity index (χ1v) is 12.0. The van der Waals surface area contributed by atoms with E-state index in [4.69, 9.17) is 14.5 Å². The highest BCUT2D eigenvalue weighted by atomic mass is 32.1. The van der Waals surface area contributed by atoms with Crippen molar-refractivity contribution in [3.63, 3.8) is 0 Å². The van der Waals surface area contributed by atoms with Crippen molar-refractivity contribution in [1.82, 2.24) is 4.98 Å². The summed E-state index contributed by atoms with van der Waals surface area (Å²) in [7, 11) is 0. The molecule has 0 aliphatic carbocycles. The summed E-state index contributed by atoms with van der Waals surface area (Å²) in [5, 5.41) is 0.712. The van der Waals surface area contributed by atoms with E-state index in [2.05, 4.69) is 26.0 Å². The Labute approximate surface area is 197 Å². The van der Waals surface area contributed by atoms with Gasteiger partial charge in [0.05, 0.1) is 22.9 Å². The van der Waals surface area contributed by atoms with Crippen LogP contribution in [0.3, 0.4) is 0 Å². The summed E-state index contributed by atoms with van der Waals surface area (Å²) in [6.45, 7) is 5.39. The van der Waals surface area contributed by atoms with E-state index in [1.165, 1.54) is 5.56 Å². The molecule has 1 amide bonds. The molecule has 0 bridgehead atoms. The van der Waals surface area contributed by atoms with E-state index in [-0.39, 0.29) is 12.0 Å². The Balaban J connectivity index is 1.43. The first kappa shape index (κ1) is 21.6. The van der Waals surface area contributed by atoms with E-state index >= 15 is 0 Å². The summed E-state index contributed by atoms with van der Waals surface area (Å²) in [5.74, 6) is 1.37. The molecule has 1 aliphatic rings. The Morgan fingerprint density at radius 3 is 2.58 bits per heavy atom. The Morgan fingerprint density at radius 1 is 1.09 bits per heavy atom. The van der Waals surface area contributed by atoms with Crippen molar-refractivity contribution in [2.24, 2.45) is 0 Å². The molecule has 33 heavy (non-hydrogen) atoms. The van der Waals surface area contributed by atoms with Crippen LogP contribution in [0.15, 0.2) is 66.7 Å². The van der Waals surface area contributed by atoms with Gasteiger partial charge in [-0.15, -0.1) is 0 Å². The van der Waals surface area contributed by atoms with Gasteiger partial charge in [0, 0.05) is 12.2 Å². The van der Waals surface area contributed by atoms with Gasteiger partial charge in [0.25, 0.3) is 5.91 Å². The van der Waals surface area contributed by atoms with Gasteiger partial charge in [0.15, 0.2) is 5.13 Å². The van der Waals surface area contributed by atoms with Crippen molar-refractivity contribution in [1.29, 1.82) is 0 Å². The molecule has 5 nitrogen and oxygen atoms in total. The number of hydrogen-bond donors (Lipinski definition) is 0. The number of para-hydroxylation sites is 1. The number of aryl methyl sites for hydroxylation is 2. The Bertz CT molecular complexity index is 1260. The van der Waals surface area contributed by atoms with Crippen LogP contribution in [-0.2, 0) is 4.74 Å². The molecular formula is C27H26N2O3S. The first-order chi connectivity index (χ1) is 16.1.